The Balaban J connectivity index is 1.42. The number of rotatable bonds is 4. The monoisotopic (exact) mass is 327 g/mol. The number of benzene rings is 2. The standard InChI is InChI=1S/C19H22FN3O/c20-18-8-6-17(7-9-18)15-22-10-12-23(13-11-22)19(24)21-14-16-4-2-1-3-5-16/h1-9H,10-15H2,(H,21,24). The topological polar surface area (TPSA) is 35.6 Å². The van der Waals surface area contributed by atoms with E-state index in [1.807, 2.05) is 47.4 Å². The zero-order valence-electron chi connectivity index (χ0n) is 13.6. The quantitative estimate of drug-likeness (QED) is 0.937. The minimum absolute atomic E-state index is 0.0136. The first kappa shape index (κ1) is 16.5. The van der Waals surface area contributed by atoms with Crippen molar-refractivity contribution < 1.29 is 9.18 Å². The number of piperazine rings is 1. The van der Waals surface area contributed by atoms with Crippen LogP contribution in [0.1, 0.15) is 11.1 Å². The molecule has 0 unspecified atom stereocenters. The van der Waals surface area contributed by atoms with Gasteiger partial charge in [0, 0.05) is 39.3 Å². The molecule has 0 spiro atoms. The fraction of sp³-hybridized carbons (Fsp3) is 0.316. The molecule has 5 heteroatoms. The van der Waals surface area contributed by atoms with Gasteiger partial charge in [0.05, 0.1) is 0 Å². The number of nitrogens with one attached hydrogen (secondary N) is 1. The fourth-order valence-corrected chi connectivity index (χ4v) is 2.84. The van der Waals surface area contributed by atoms with E-state index in [2.05, 4.69) is 10.2 Å². The molecular formula is C19H22FN3O. The van der Waals surface area contributed by atoms with Crippen LogP contribution < -0.4 is 5.32 Å². The average Bonchev–Trinajstić information content (AvgIpc) is 2.63. The largest absolute Gasteiger partial charge is 0.334 e. The van der Waals surface area contributed by atoms with E-state index >= 15 is 0 Å². The van der Waals surface area contributed by atoms with Crippen molar-refractivity contribution in [3.05, 3.63) is 71.5 Å². The molecule has 4 nitrogen and oxygen atoms in total. The SMILES string of the molecule is O=C(NCc1ccccc1)N1CCN(Cc2ccc(F)cc2)CC1. The van der Waals surface area contributed by atoms with Crippen LogP contribution in [0.4, 0.5) is 9.18 Å². The van der Waals surface area contributed by atoms with Crippen LogP contribution in [0.5, 0.6) is 0 Å². The van der Waals surface area contributed by atoms with Crippen molar-refractivity contribution in [1.82, 2.24) is 15.1 Å². The Bertz CT molecular complexity index is 652. The second-order valence-corrected chi connectivity index (χ2v) is 6.03. The lowest BCUT2D eigenvalue weighted by Gasteiger charge is -2.34. The van der Waals surface area contributed by atoms with Gasteiger partial charge in [-0.1, -0.05) is 42.5 Å². The Morgan fingerprint density at radius 2 is 1.58 bits per heavy atom. The van der Waals surface area contributed by atoms with Gasteiger partial charge in [0.2, 0.25) is 0 Å². The first-order chi connectivity index (χ1) is 11.7. The maximum atomic E-state index is 12.9. The third-order valence-electron chi connectivity index (χ3n) is 4.27. The summed E-state index contributed by atoms with van der Waals surface area (Å²) in [4.78, 5) is 16.4. The molecule has 2 aromatic carbocycles. The zero-order chi connectivity index (χ0) is 16.8. The third kappa shape index (κ3) is 4.55. The van der Waals surface area contributed by atoms with Crippen LogP contribution in [0.25, 0.3) is 0 Å². The lowest BCUT2D eigenvalue weighted by Crippen LogP contribution is -2.51. The lowest BCUT2D eigenvalue weighted by atomic mass is 10.2. The number of hydrogen-bond acceptors (Lipinski definition) is 2. The van der Waals surface area contributed by atoms with Gasteiger partial charge in [-0.15, -0.1) is 0 Å². The molecule has 1 fully saturated rings. The summed E-state index contributed by atoms with van der Waals surface area (Å²) >= 11 is 0. The number of carbonyl (C=O) groups is 1. The van der Waals surface area contributed by atoms with E-state index in [1.54, 1.807) is 0 Å². The van der Waals surface area contributed by atoms with Gasteiger partial charge in [-0.2, -0.15) is 0 Å². The van der Waals surface area contributed by atoms with Crippen LogP contribution in [0.15, 0.2) is 54.6 Å². The van der Waals surface area contributed by atoms with Crippen molar-refractivity contribution in [2.24, 2.45) is 0 Å². The van der Waals surface area contributed by atoms with Crippen LogP contribution >= 0.6 is 0 Å². The molecular weight excluding hydrogens is 305 g/mol. The molecule has 1 heterocycles. The summed E-state index contributed by atoms with van der Waals surface area (Å²) in [5.74, 6) is -0.210. The summed E-state index contributed by atoms with van der Waals surface area (Å²) in [5.41, 5.74) is 2.19. The molecule has 1 saturated heterocycles. The molecule has 0 saturated carbocycles. The molecule has 0 radical (unpaired) electrons. The van der Waals surface area contributed by atoms with E-state index < -0.39 is 0 Å². The highest BCUT2D eigenvalue weighted by atomic mass is 19.1. The predicted octanol–water partition coefficient (Wildman–Crippen LogP) is 2.85. The molecule has 1 aliphatic rings. The van der Waals surface area contributed by atoms with Crippen molar-refractivity contribution in [2.45, 2.75) is 13.1 Å². The Hall–Kier alpha value is -2.40. The average molecular weight is 327 g/mol. The highest BCUT2D eigenvalue weighted by Gasteiger charge is 2.20. The highest BCUT2D eigenvalue weighted by Crippen LogP contribution is 2.10. The van der Waals surface area contributed by atoms with Crippen molar-refractivity contribution in [2.75, 3.05) is 26.2 Å². The third-order valence-corrected chi connectivity index (χ3v) is 4.27. The van der Waals surface area contributed by atoms with Crippen molar-refractivity contribution in [1.29, 1.82) is 0 Å². The first-order valence-corrected chi connectivity index (χ1v) is 8.24. The van der Waals surface area contributed by atoms with Gasteiger partial charge in [0.15, 0.2) is 0 Å². The minimum Gasteiger partial charge on any atom is -0.334 e. The number of carbonyl (C=O) groups excluding carboxylic acids is 1. The molecule has 1 aliphatic heterocycles. The molecule has 126 valence electrons. The Kier molecular flexibility index (Phi) is 5.43. The summed E-state index contributed by atoms with van der Waals surface area (Å²) in [6.07, 6.45) is 0. The molecule has 0 aromatic heterocycles. The molecule has 0 aliphatic carbocycles. The smallest absolute Gasteiger partial charge is 0.317 e. The number of halogens is 1. The molecule has 24 heavy (non-hydrogen) atoms. The fourth-order valence-electron chi connectivity index (χ4n) is 2.84. The van der Waals surface area contributed by atoms with E-state index in [9.17, 15) is 9.18 Å². The summed E-state index contributed by atoms with van der Waals surface area (Å²) < 4.78 is 12.9. The van der Waals surface area contributed by atoms with Crippen LogP contribution in [-0.4, -0.2) is 42.0 Å². The second kappa shape index (κ2) is 7.93. The molecule has 3 rings (SSSR count). The van der Waals surface area contributed by atoms with Crippen molar-refractivity contribution in [3.8, 4) is 0 Å². The summed E-state index contributed by atoms with van der Waals surface area (Å²) in [6, 6.07) is 16.5. The van der Waals surface area contributed by atoms with Crippen molar-refractivity contribution in [3.63, 3.8) is 0 Å². The van der Waals surface area contributed by atoms with Gasteiger partial charge in [-0.05, 0) is 23.3 Å². The van der Waals surface area contributed by atoms with Gasteiger partial charge in [0.1, 0.15) is 5.82 Å². The minimum atomic E-state index is -0.210. The van der Waals surface area contributed by atoms with Crippen LogP contribution in [0.3, 0.4) is 0 Å². The van der Waals surface area contributed by atoms with E-state index in [-0.39, 0.29) is 11.8 Å². The first-order valence-electron chi connectivity index (χ1n) is 8.24. The van der Waals surface area contributed by atoms with E-state index in [4.69, 9.17) is 0 Å². The maximum Gasteiger partial charge on any atom is 0.317 e. The summed E-state index contributed by atoms with van der Waals surface area (Å²) in [6.45, 7) is 4.42. The van der Waals surface area contributed by atoms with Crippen LogP contribution in [0, 0.1) is 5.82 Å². The van der Waals surface area contributed by atoms with Crippen molar-refractivity contribution >= 4 is 6.03 Å². The molecule has 1 N–H and O–H groups in total. The molecule has 2 amide bonds. The van der Waals surface area contributed by atoms with Gasteiger partial charge in [0.25, 0.3) is 0 Å². The molecule has 0 bridgehead atoms. The highest BCUT2D eigenvalue weighted by molar-refractivity contribution is 5.74. The molecule has 0 atom stereocenters. The van der Waals surface area contributed by atoms with Gasteiger partial charge >= 0.3 is 6.03 Å². The Labute approximate surface area is 141 Å². The van der Waals surface area contributed by atoms with E-state index in [0.717, 1.165) is 30.8 Å². The summed E-state index contributed by atoms with van der Waals surface area (Å²) in [7, 11) is 0. The number of nitrogens with zero attached hydrogens (tertiary/aromatic N) is 2. The second-order valence-electron chi connectivity index (χ2n) is 6.03. The summed E-state index contributed by atoms with van der Waals surface area (Å²) in [5, 5.41) is 2.97. The zero-order valence-corrected chi connectivity index (χ0v) is 13.6. The number of urea groups is 1. The van der Waals surface area contributed by atoms with Crippen LogP contribution in [-0.2, 0) is 13.1 Å². The predicted molar refractivity (Wildman–Crippen MR) is 91.9 cm³/mol. The number of hydrogen-bond donors (Lipinski definition) is 1. The molecule has 2 aromatic rings. The Morgan fingerprint density at radius 3 is 2.25 bits per heavy atom. The maximum absolute atomic E-state index is 12.9. The van der Waals surface area contributed by atoms with E-state index in [0.29, 0.717) is 19.6 Å². The Morgan fingerprint density at radius 1 is 0.917 bits per heavy atom. The lowest BCUT2D eigenvalue weighted by molar-refractivity contribution is 0.135. The number of amides is 2. The van der Waals surface area contributed by atoms with Gasteiger partial charge in [-0.25, -0.2) is 9.18 Å². The normalized spacial score (nSPS) is 15.3. The van der Waals surface area contributed by atoms with Gasteiger partial charge < -0.3 is 10.2 Å². The van der Waals surface area contributed by atoms with Gasteiger partial charge in [-0.3, -0.25) is 4.90 Å². The van der Waals surface area contributed by atoms with Crippen LogP contribution in [0.2, 0.25) is 0 Å². The van der Waals surface area contributed by atoms with E-state index in [1.165, 1.54) is 12.1 Å².